The van der Waals surface area contributed by atoms with Gasteiger partial charge in [-0.1, -0.05) is 30.7 Å². The third kappa shape index (κ3) is 2.89. The summed E-state index contributed by atoms with van der Waals surface area (Å²) < 4.78 is 0. The molecule has 0 fully saturated rings. The maximum Gasteiger partial charge on any atom is 0.0580 e. The second kappa shape index (κ2) is 5.98. The predicted octanol–water partition coefficient (Wildman–Crippen LogP) is 3.74. The third-order valence-corrected chi connectivity index (χ3v) is 3.20. The van der Waals surface area contributed by atoms with E-state index in [4.69, 9.17) is 11.6 Å². The lowest BCUT2D eigenvalue weighted by Gasteiger charge is -2.20. The smallest absolute Gasteiger partial charge is 0.0580 e. The third-order valence-electron chi connectivity index (χ3n) is 2.96. The van der Waals surface area contributed by atoms with E-state index < -0.39 is 0 Å². The van der Waals surface area contributed by atoms with Crippen molar-refractivity contribution >= 4 is 11.6 Å². The highest BCUT2D eigenvalue weighted by Crippen LogP contribution is 2.26. The van der Waals surface area contributed by atoms with E-state index in [9.17, 15) is 0 Å². The van der Waals surface area contributed by atoms with E-state index in [1.54, 1.807) is 0 Å². The average molecular weight is 261 g/mol. The molecule has 1 heterocycles. The first-order valence-corrected chi connectivity index (χ1v) is 6.49. The Morgan fingerprint density at radius 3 is 2.83 bits per heavy atom. The molecule has 0 bridgehead atoms. The van der Waals surface area contributed by atoms with Gasteiger partial charge in [0.2, 0.25) is 0 Å². The van der Waals surface area contributed by atoms with E-state index in [-0.39, 0.29) is 6.04 Å². The highest BCUT2D eigenvalue weighted by atomic mass is 35.5. The van der Waals surface area contributed by atoms with Gasteiger partial charge in [-0.2, -0.15) is 0 Å². The first kappa shape index (κ1) is 13.1. The first-order valence-electron chi connectivity index (χ1n) is 6.11. The summed E-state index contributed by atoms with van der Waals surface area (Å²) in [5.74, 6) is 0. The number of hydrogen-bond donors (Lipinski definition) is 1. The second-order valence-electron chi connectivity index (χ2n) is 4.28. The number of nitrogens with zero attached hydrogens (tertiary/aromatic N) is 1. The number of pyridine rings is 1. The number of hydrogen-bond acceptors (Lipinski definition) is 2. The van der Waals surface area contributed by atoms with Gasteiger partial charge in [0, 0.05) is 17.4 Å². The molecule has 18 heavy (non-hydrogen) atoms. The number of rotatable bonds is 4. The van der Waals surface area contributed by atoms with Crippen molar-refractivity contribution in [1.29, 1.82) is 0 Å². The Kier molecular flexibility index (Phi) is 4.34. The van der Waals surface area contributed by atoms with Crippen molar-refractivity contribution in [1.82, 2.24) is 10.3 Å². The molecule has 94 valence electrons. The Hall–Kier alpha value is -1.38. The van der Waals surface area contributed by atoms with E-state index in [0.717, 1.165) is 11.6 Å². The zero-order valence-electron chi connectivity index (χ0n) is 10.7. The molecule has 1 N–H and O–H groups in total. The Bertz CT molecular complexity index is 525. The number of aryl methyl sites for hydroxylation is 1. The van der Waals surface area contributed by atoms with Crippen LogP contribution in [0.15, 0.2) is 42.7 Å². The van der Waals surface area contributed by atoms with Crippen molar-refractivity contribution < 1.29 is 0 Å². The molecule has 1 aromatic carbocycles. The molecule has 2 aromatic rings. The summed E-state index contributed by atoms with van der Waals surface area (Å²) >= 11 is 6.08. The molecule has 0 saturated carbocycles. The Morgan fingerprint density at radius 1 is 1.33 bits per heavy atom. The van der Waals surface area contributed by atoms with Crippen LogP contribution in [0.4, 0.5) is 0 Å². The molecule has 2 nitrogen and oxygen atoms in total. The molecule has 0 aliphatic rings. The molecule has 2 rings (SSSR count). The van der Waals surface area contributed by atoms with Gasteiger partial charge in [-0.05, 0) is 48.4 Å². The average Bonchev–Trinajstić information content (AvgIpc) is 2.37. The fourth-order valence-electron chi connectivity index (χ4n) is 2.11. The van der Waals surface area contributed by atoms with Gasteiger partial charge in [0.1, 0.15) is 0 Å². The molecule has 0 amide bonds. The van der Waals surface area contributed by atoms with Crippen LogP contribution in [0.5, 0.6) is 0 Å². The van der Waals surface area contributed by atoms with Crippen LogP contribution in [0.25, 0.3) is 0 Å². The van der Waals surface area contributed by atoms with Crippen LogP contribution < -0.4 is 5.32 Å². The number of nitrogens with one attached hydrogen (secondary N) is 1. The normalized spacial score (nSPS) is 12.4. The van der Waals surface area contributed by atoms with E-state index >= 15 is 0 Å². The minimum atomic E-state index is 0.164. The van der Waals surface area contributed by atoms with Crippen LogP contribution in [-0.2, 0) is 0 Å². The molecule has 3 heteroatoms. The molecule has 0 radical (unpaired) electrons. The lowest BCUT2D eigenvalue weighted by molar-refractivity contribution is 0.627. The highest BCUT2D eigenvalue weighted by Gasteiger charge is 2.15. The van der Waals surface area contributed by atoms with E-state index in [2.05, 4.69) is 36.3 Å². The summed E-state index contributed by atoms with van der Waals surface area (Å²) in [7, 11) is 0. The standard InChI is InChI=1S/C15H17ClN2/c1-3-18-15(12-5-4-6-13(16)9-12)14-7-8-17-10-11(14)2/h4-10,15,18H,3H2,1-2H3. The van der Waals surface area contributed by atoms with Gasteiger partial charge < -0.3 is 5.32 Å². The molecule has 1 atom stereocenters. The largest absolute Gasteiger partial charge is 0.307 e. The van der Waals surface area contributed by atoms with Crippen LogP contribution in [0.3, 0.4) is 0 Å². The van der Waals surface area contributed by atoms with Gasteiger partial charge in [0.05, 0.1) is 6.04 Å². The van der Waals surface area contributed by atoms with Crippen LogP contribution in [0.1, 0.15) is 29.7 Å². The maximum atomic E-state index is 6.08. The first-order chi connectivity index (χ1) is 8.72. The van der Waals surface area contributed by atoms with Crippen LogP contribution in [0, 0.1) is 6.92 Å². The van der Waals surface area contributed by atoms with Gasteiger partial charge in [0.15, 0.2) is 0 Å². The molecule has 0 saturated heterocycles. The Morgan fingerprint density at radius 2 is 2.17 bits per heavy atom. The van der Waals surface area contributed by atoms with Crippen molar-refractivity contribution in [3.8, 4) is 0 Å². The Balaban J connectivity index is 2.43. The number of benzene rings is 1. The monoisotopic (exact) mass is 260 g/mol. The summed E-state index contributed by atoms with van der Waals surface area (Å²) in [5.41, 5.74) is 3.61. The second-order valence-corrected chi connectivity index (χ2v) is 4.71. The van der Waals surface area contributed by atoms with Crippen molar-refractivity contribution in [3.05, 3.63) is 64.4 Å². The minimum Gasteiger partial charge on any atom is -0.307 e. The molecule has 0 aliphatic heterocycles. The van der Waals surface area contributed by atoms with Crippen molar-refractivity contribution in [2.75, 3.05) is 6.54 Å². The molecule has 1 aromatic heterocycles. The van der Waals surface area contributed by atoms with E-state index in [0.29, 0.717) is 0 Å². The topological polar surface area (TPSA) is 24.9 Å². The van der Waals surface area contributed by atoms with Gasteiger partial charge in [0.25, 0.3) is 0 Å². The lowest BCUT2D eigenvalue weighted by atomic mass is 9.96. The van der Waals surface area contributed by atoms with Crippen molar-refractivity contribution in [3.63, 3.8) is 0 Å². The molecule has 1 unspecified atom stereocenters. The fourth-order valence-corrected chi connectivity index (χ4v) is 2.30. The quantitative estimate of drug-likeness (QED) is 0.906. The zero-order chi connectivity index (χ0) is 13.0. The summed E-state index contributed by atoms with van der Waals surface area (Å²) in [6.45, 7) is 5.09. The van der Waals surface area contributed by atoms with Crippen LogP contribution >= 0.6 is 11.6 Å². The summed E-state index contributed by atoms with van der Waals surface area (Å²) in [5, 5.41) is 4.26. The van der Waals surface area contributed by atoms with Crippen LogP contribution in [-0.4, -0.2) is 11.5 Å². The summed E-state index contributed by atoms with van der Waals surface area (Å²) in [6.07, 6.45) is 3.72. The van der Waals surface area contributed by atoms with Gasteiger partial charge in [-0.15, -0.1) is 0 Å². The lowest BCUT2D eigenvalue weighted by Crippen LogP contribution is -2.22. The van der Waals surface area contributed by atoms with E-state index in [1.165, 1.54) is 16.7 Å². The number of aromatic nitrogens is 1. The van der Waals surface area contributed by atoms with Crippen molar-refractivity contribution in [2.45, 2.75) is 19.9 Å². The van der Waals surface area contributed by atoms with Gasteiger partial charge >= 0.3 is 0 Å². The molecule has 0 aliphatic carbocycles. The molecular weight excluding hydrogens is 244 g/mol. The van der Waals surface area contributed by atoms with E-state index in [1.807, 2.05) is 30.6 Å². The number of halogens is 1. The zero-order valence-corrected chi connectivity index (χ0v) is 11.4. The summed E-state index contributed by atoms with van der Waals surface area (Å²) in [4.78, 5) is 4.14. The minimum absolute atomic E-state index is 0.164. The van der Waals surface area contributed by atoms with Gasteiger partial charge in [-0.3, -0.25) is 4.98 Å². The fraction of sp³-hybridized carbons (Fsp3) is 0.267. The van der Waals surface area contributed by atoms with Crippen molar-refractivity contribution in [2.24, 2.45) is 0 Å². The predicted molar refractivity (Wildman–Crippen MR) is 75.9 cm³/mol. The molecular formula is C15H17ClN2. The molecule has 0 spiro atoms. The Labute approximate surface area is 113 Å². The maximum absolute atomic E-state index is 6.08. The van der Waals surface area contributed by atoms with Gasteiger partial charge in [-0.25, -0.2) is 0 Å². The van der Waals surface area contributed by atoms with Crippen LogP contribution in [0.2, 0.25) is 5.02 Å². The SMILES string of the molecule is CCNC(c1cccc(Cl)c1)c1ccncc1C. The summed E-state index contributed by atoms with van der Waals surface area (Å²) in [6, 6.07) is 10.2. The highest BCUT2D eigenvalue weighted by molar-refractivity contribution is 6.30.